The molecule has 3 heterocycles. The average Bonchev–Trinajstić information content (AvgIpc) is 3.15. The van der Waals surface area contributed by atoms with Crippen molar-refractivity contribution in [1.29, 1.82) is 0 Å². The Balaban J connectivity index is 1.53. The predicted molar refractivity (Wildman–Crippen MR) is 97.0 cm³/mol. The van der Waals surface area contributed by atoms with Crippen molar-refractivity contribution in [2.24, 2.45) is 0 Å². The zero-order valence-corrected chi connectivity index (χ0v) is 15.0. The quantitative estimate of drug-likeness (QED) is 0.766. The normalized spacial score (nSPS) is 14.4. The minimum Gasteiger partial charge on any atom is -0.462 e. The van der Waals surface area contributed by atoms with Gasteiger partial charge in [0.05, 0.1) is 18.6 Å². The number of nitrogens with zero attached hydrogens (tertiary/aromatic N) is 3. The van der Waals surface area contributed by atoms with Crippen LogP contribution in [0.25, 0.3) is 0 Å². The molecule has 3 rings (SSSR count). The Morgan fingerprint density at radius 1 is 1.20 bits per heavy atom. The van der Waals surface area contributed by atoms with Crippen molar-refractivity contribution < 1.29 is 14.3 Å². The van der Waals surface area contributed by atoms with Crippen molar-refractivity contribution >= 4 is 29.0 Å². The molecule has 0 saturated carbocycles. The number of amides is 1. The van der Waals surface area contributed by atoms with E-state index in [1.54, 1.807) is 30.5 Å². The van der Waals surface area contributed by atoms with Crippen LogP contribution in [-0.2, 0) is 16.0 Å². The van der Waals surface area contributed by atoms with Gasteiger partial charge >= 0.3 is 5.97 Å². The summed E-state index contributed by atoms with van der Waals surface area (Å²) < 4.78 is 4.96. The Morgan fingerprint density at radius 2 is 2.00 bits per heavy atom. The predicted octanol–water partition coefficient (Wildman–Crippen LogP) is 2.21. The van der Waals surface area contributed by atoms with Crippen LogP contribution < -0.4 is 4.90 Å². The Hall–Kier alpha value is -2.41. The molecule has 0 radical (unpaired) electrons. The largest absolute Gasteiger partial charge is 0.462 e. The van der Waals surface area contributed by atoms with E-state index < -0.39 is 0 Å². The second-order valence-electron chi connectivity index (χ2n) is 5.75. The fraction of sp³-hybridized carbons (Fsp3) is 0.389. The number of anilines is 1. The van der Waals surface area contributed by atoms with Crippen LogP contribution in [0.1, 0.15) is 22.2 Å². The minimum atomic E-state index is -0.356. The summed E-state index contributed by atoms with van der Waals surface area (Å²) in [4.78, 5) is 33.5. The maximum absolute atomic E-state index is 12.3. The average molecular weight is 359 g/mol. The van der Waals surface area contributed by atoms with Gasteiger partial charge in [0.1, 0.15) is 5.82 Å². The number of carbonyl (C=O) groups excluding carboxylic acids is 2. The number of hydrogen-bond donors (Lipinski definition) is 0. The highest BCUT2D eigenvalue weighted by Crippen LogP contribution is 2.16. The number of thiophene rings is 1. The summed E-state index contributed by atoms with van der Waals surface area (Å²) in [6.45, 7) is 4.97. The van der Waals surface area contributed by atoms with E-state index in [0.29, 0.717) is 31.7 Å². The molecule has 132 valence electrons. The third-order valence-corrected chi connectivity index (χ3v) is 5.00. The molecule has 0 unspecified atom stereocenters. The standard InChI is InChI=1S/C18H21N3O3S/c1-2-24-18(23)14-5-6-16(19-13-14)20-7-9-21(10-8-20)17(22)12-15-4-3-11-25-15/h3-6,11,13H,2,7-10,12H2,1H3. The maximum Gasteiger partial charge on any atom is 0.339 e. The van der Waals surface area contributed by atoms with Crippen LogP contribution in [0, 0.1) is 0 Å². The lowest BCUT2D eigenvalue weighted by Gasteiger charge is -2.35. The highest BCUT2D eigenvalue weighted by molar-refractivity contribution is 7.10. The van der Waals surface area contributed by atoms with Gasteiger partial charge in [0, 0.05) is 37.3 Å². The van der Waals surface area contributed by atoms with E-state index in [0.717, 1.165) is 23.8 Å². The van der Waals surface area contributed by atoms with Gasteiger partial charge in [-0.1, -0.05) is 6.07 Å². The van der Waals surface area contributed by atoms with Gasteiger partial charge in [0.25, 0.3) is 0 Å². The van der Waals surface area contributed by atoms with Crippen molar-refractivity contribution in [1.82, 2.24) is 9.88 Å². The number of ether oxygens (including phenoxy) is 1. The summed E-state index contributed by atoms with van der Waals surface area (Å²) in [5.41, 5.74) is 0.454. The first-order valence-electron chi connectivity index (χ1n) is 8.35. The molecule has 2 aromatic rings. The Morgan fingerprint density at radius 3 is 2.60 bits per heavy atom. The van der Waals surface area contributed by atoms with E-state index in [1.165, 1.54) is 0 Å². The summed E-state index contributed by atoms with van der Waals surface area (Å²) in [6.07, 6.45) is 2.02. The molecule has 0 atom stereocenters. The monoisotopic (exact) mass is 359 g/mol. The molecule has 0 N–H and O–H groups in total. The summed E-state index contributed by atoms with van der Waals surface area (Å²) in [5, 5.41) is 1.99. The van der Waals surface area contributed by atoms with E-state index >= 15 is 0 Å². The first kappa shape index (κ1) is 17.4. The van der Waals surface area contributed by atoms with Crippen molar-refractivity contribution in [3.05, 3.63) is 46.3 Å². The molecule has 1 fully saturated rings. The summed E-state index contributed by atoms with van der Waals surface area (Å²) in [6, 6.07) is 7.52. The fourth-order valence-corrected chi connectivity index (χ4v) is 3.46. The number of esters is 1. The van der Waals surface area contributed by atoms with Gasteiger partial charge in [-0.3, -0.25) is 4.79 Å². The number of carbonyl (C=O) groups is 2. The Kier molecular flexibility index (Phi) is 5.65. The van der Waals surface area contributed by atoms with Crippen molar-refractivity contribution in [2.75, 3.05) is 37.7 Å². The van der Waals surface area contributed by atoms with Crippen LogP contribution in [0.4, 0.5) is 5.82 Å². The zero-order chi connectivity index (χ0) is 17.6. The van der Waals surface area contributed by atoms with E-state index in [9.17, 15) is 9.59 Å². The van der Waals surface area contributed by atoms with Crippen LogP contribution in [-0.4, -0.2) is 54.5 Å². The van der Waals surface area contributed by atoms with E-state index in [-0.39, 0.29) is 11.9 Å². The summed E-state index contributed by atoms with van der Waals surface area (Å²) in [7, 11) is 0. The number of pyridine rings is 1. The molecule has 0 aromatic carbocycles. The molecule has 1 aliphatic rings. The molecule has 25 heavy (non-hydrogen) atoms. The van der Waals surface area contributed by atoms with Gasteiger partial charge < -0.3 is 14.5 Å². The number of piperazine rings is 1. The zero-order valence-electron chi connectivity index (χ0n) is 14.2. The lowest BCUT2D eigenvalue weighted by atomic mass is 10.2. The molecule has 0 spiro atoms. The first-order chi connectivity index (χ1) is 12.2. The van der Waals surface area contributed by atoms with Gasteiger partial charge in [0.15, 0.2) is 0 Å². The van der Waals surface area contributed by atoms with Crippen LogP contribution >= 0.6 is 11.3 Å². The Bertz CT molecular complexity index is 708. The van der Waals surface area contributed by atoms with E-state index in [1.807, 2.05) is 28.5 Å². The van der Waals surface area contributed by atoms with Gasteiger partial charge in [0.2, 0.25) is 5.91 Å². The van der Waals surface area contributed by atoms with Crippen LogP contribution in [0.5, 0.6) is 0 Å². The molecule has 1 amide bonds. The van der Waals surface area contributed by atoms with Gasteiger partial charge in [-0.15, -0.1) is 11.3 Å². The maximum atomic E-state index is 12.3. The molecule has 0 bridgehead atoms. The molecule has 1 aliphatic heterocycles. The number of aromatic nitrogens is 1. The molecular formula is C18H21N3O3S. The fourth-order valence-electron chi connectivity index (χ4n) is 2.77. The van der Waals surface area contributed by atoms with Crippen LogP contribution in [0.2, 0.25) is 0 Å². The van der Waals surface area contributed by atoms with Gasteiger partial charge in [-0.25, -0.2) is 9.78 Å². The van der Waals surface area contributed by atoms with Crippen LogP contribution in [0.3, 0.4) is 0 Å². The highest BCUT2D eigenvalue weighted by atomic mass is 32.1. The van der Waals surface area contributed by atoms with Crippen LogP contribution in [0.15, 0.2) is 35.8 Å². The summed E-state index contributed by atoms with van der Waals surface area (Å²) >= 11 is 1.61. The smallest absolute Gasteiger partial charge is 0.339 e. The molecule has 7 heteroatoms. The number of hydrogen-bond acceptors (Lipinski definition) is 6. The second-order valence-corrected chi connectivity index (χ2v) is 6.78. The first-order valence-corrected chi connectivity index (χ1v) is 9.23. The molecule has 0 aliphatic carbocycles. The molecular weight excluding hydrogens is 338 g/mol. The van der Waals surface area contributed by atoms with Crippen molar-refractivity contribution in [3.8, 4) is 0 Å². The molecule has 6 nitrogen and oxygen atoms in total. The topological polar surface area (TPSA) is 62.7 Å². The number of rotatable bonds is 5. The lowest BCUT2D eigenvalue weighted by Crippen LogP contribution is -2.49. The minimum absolute atomic E-state index is 0.174. The third-order valence-electron chi connectivity index (χ3n) is 4.12. The SMILES string of the molecule is CCOC(=O)c1ccc(N2CCN(C(=O)Cc3cccs3)CC2)nc1. The Labute approximate surface area is 151 Å². The lowest BCUT2D eigenvalue weighted by molar-refractivity contribution is -0.130. The van der Waals surface area contributed by atoms with Crippen molar-refractivity contribution in [2.45, 2.75) is 13.3 Å². The molecule has 2 aromatic heterocycles. The van der Waals surface area contributed by atoms with Gasteiger partial charge in [-0.05, 0) is 30.5 Å². The van der Waals surface area contributed by atoms with Gasteiger partial charge in [-0.2, -0.15) is 0 Å². The third kappa shape index (κ3) is 4.36. The second kappa shape index (κ2) is 8.11. The van der Waals surface area contributed by atoms with E-state index in [2.05, 4.69) is 9.88 Å². The van der Waals surface area contributed by atoms with E-state index in [4.69, 9.17) is 4.74 Å². The highest BCUT2D eigenvalue weighted by Gasteiger charge is 2.22. The summed E-state index contributed by atoms with van der Waals surface area (Å²) in [5.74, 6) is 0.636. The molecule has 1 saturated heterocycles. The van der Waals surface area contributed by atoms with Crippen molar-refractivity contribution in [3.63, 3.8) is 0 Å².